The van der Waals surface area contributed by atoms with Crippen molar-refractivity contribution in [2.75, 3.05) is 5.73 Å². The van der Waals surface area contributed by atoms with Crippen LogP contribution in [-0.4, -0.2) is 29.5 Å². The molecule has 0 saturated heterocycles. The van der Waals surface area contributed by atoms with Crippen molar-refractivity contribution < 1.29 is 8.78 Å². The normalized spacial score (nSPS) is 12.7. The van der Waals surface area contributed by atoms with E-state index in [9.17, 15) is 8.78 Å². The molecule has 7 nitrogen and oxygen atoms in total. The Kier molecular flexibility index (Phi) is 4.37. The number of hydrogen-bond acceptors (Lipinski definition) is 5. The largest absolute Gasteiger partial charge is 0.383 e. The van der Waals surface area contributed by atoms with Gasteiger partial charge in [0.2, 0.25) is 0 Å². The lowest BCUT2D eigenvalue weighted by molar-refractivity contribution is 0.557. The van der Waals surface area contributed by atoms with Crippen molar-refractivity contribution >= 4 is 39.4 Å². The van der Waals surface area contributed by atoms with Crippen LogP contribution >= 0.6 is 11.6 Å². The smallest absolute Gasteiger partial charge is 0.164 e. The highest BCUT2D eigenvalue weighted by atomic mass is 35.5. The Hall–Kier alpha value is -3.59. The number of hydrogen-bond donors (Lipinski definition) is 1. The van der Waals surface area contributed by atoms with Gasteiger partial charge in [0.1, 0.15) is 23.8 Å². The molecule has 0 radical (unpaired) electrons. The van der Waals surface area contributed by atoms with E-state index in [2.05, 4.69) is 20.2 Å². The Labute approximate surface area is 180 Å². The number of nitrogens with zero attached hydrogens (tertiary/aromatic N) is 6. The molecule has 0 aliphatic carbocycles. The number of nitrogen functional groups attached to an aromatic ring is 1. The van der Waals surface area contributed by atoms with Crippen LogP contribution in [0.25, 0.3) is 27.6 Å². The van der Waals surface area contributed by atoms with Crippen molar-refractivity contribution in [3.8, 4) is 5.69 Å². The number of fused-ring (bicyclic) bond motifs is 2. The Balaban J connectivity index is 1.76. The highest BCUT2D eigenvalue weighted by Gasteiger charge is 2.23. The lowest BCUT2D eigenvalue weighted by Crippen LogP contribution is -2.11. The van der Waals surface area contributed by atoms with Crippen LogP contribution in [0.15, 0.2) is 42.7 Å². The van der Waals surface area contributed by atoms with Gasteiger partial charge in [-0.2, -0.15) is 10.2 Å². The summed E-state index contributed by atoms with van der Waals surface area (Å²) in [5, 5.41) is 11.2. The summed E-state index contributed by atoms with van der Waals surface area (Å²) in [5.41, 5.74) is 8.78. The van der Waals surface area contributed by atoms with Crippen LogP contribution in [0.5, 0.6) is 0 Å². The maximum absolute atomic E-state index is 13.9. The number of benzene rings is 2. The molecule has 0 aliphatic heterocycles. The van der Waals surface area contributed by atoms with E-state index in [0.717, 1.165) is 11.5 Å². The van der Waals surface area contributed by atoms with Crippen molar-refractivity contribution in [1.82, 2.24) is 29.5 Å². The minimum absolute atomic E-state index is 0.247. The van der Waals surface area contributed by atoms with Gasteiger partial charge in [-0.15, -0.1) is 0 Å². The van der Waals surface area contributed by atoms with E-state index in [0.29, 0.717) is 38.8 Å². The minimum atomic E-state index is -0.698. The third-order valence-electron chi connectivity index (χ3n) is 5.22. The van der Waals surface area contributed by atoms with Gasteiger partial charge in [-0.3, -0.25) is 0 Å². The minimum Gasteiger partial charge on any atom is -0.383 e. The van der Waals surface area contributed by atoms with Crippen molar-refractivity contribution in [2.24, 2.45) is 0 Å². The maximum Gasteiger partial charge on any atom is 0.164 e. The maximum atomic E-state index is 13.9. The van der Waals surface area contributed by atoms with E-state index in [1.165, 1.54) is 23.1 Å². The quantitative estimate of drug-likeness (QED) is 0.444. The zero-order valence-electron chi connectivity index (χ0n) is 16.5. The molecule has 31 heavy (non-hydrogen) atoms. The van der Waals surface area contributed by atoms with Gasteiger partial charge in [0, 0.05) is 16.5 Å². The van der Waals surface area contributed by atoms with Gasteiger partial charge in [0.15, 0.2) is 5.65 Å². The third-order valence-corrected chi connectivity index (χ3v) is 5.45. The lowest BCUT2D eigenvalue weighted by atomic mass is 10.1. The predicted octanol–water partition coefficient (Wildman–Crippen LogP) is 4.60. The molecule has 156 valence electrons. The fourth-order valence-corrected chi connectivity index (χ4v) is 4.00. The Bertz CT molecular complexity index is 1450. The average molecular weight is 440 g/mol. The standard InChI is InChI=1S/C21H16ClF2N7/c1-10-18-20(25)26-9-27-21(18)30(28-10)11(2)19-16-4-3-12(22)5-17(16)31(29-19)15-7-13(23)6-14(24)8-15/h3-9,11H,1-2H3,(H2,25,26,27). The highest BCUT2D eigenvalue weighted by molar-refractivity contribution is 6.31. The molecular formula is C21H16ClF2N7. The molecule has 0 spiro atoms. The summed E-state index contributed by atoms with van der Waals surface area (Å²) in [5.74, 6) is -1.05. The van der Waals surface area contributed by atoms with Crippen molar-refractivity contribution in [1.29, 1.82) is 0 Å². The van der Waals surface area contributed by atoms with Crippen LogP contribution in [0.2, 0.25) is 5.02 Å². The number of aromatic nitrogens is 6. The van der Waals surface area contributed by atoms with Crippen LogP contribution in [0.4, 0.5) is 14.6 Å². The van der Waals surface area contributed by atoms with Crippen LogP contribution in [0, 0.1) is 18.6 Å². The summed E-state index contributed by atoms with van der Waals surface area (Å²) >= 11 is 6.21. The second kappa shape index (κ2) is 6.98. The van der Waals surface area contributed by atoms with Gasteiger partial charge < -0.3 is 5.73 Å². The first kappa shape index (κ1) is 19.4. The molecule has 5 rings (SSSR count). The number of anilines is 1. The molecule has 2 aromatic carbocycles. The van der Waals surface area contributed by atoms with E-state index in [1.54, 1.807) is 16.8 Å². The Morgan fingerprint density at radius 3 is 2.52 bits per heavy atom. The first-order valence-electron chi connectivity index (χ1n) is 9.43. The molecule has 0 fully saturated rings. The number of halogens is 3. The first-order chi connectivity index (χ1) is 14.8. The summed E-state index contributed by atoms with van der Waals surface area (Å²) in [6, 6.07) is 8.15. The van der Waals surface area contributed by atoms with Gasteiger partial charge >= 0.3 is 0 Å². The fraction of sp³-hybridized carbons (Fsp3) is 0.143. The second-order valence-corrected chi connectivity index (χ2v) is 7.69. The zero-order chi connectivity index (χ0) is 21.9. The number of rotatable bonds is 3. The van der Waals surface area contributed by atoms with Gasteiger partial charge in [0.25, 0.3) is 0 Å². The van der Waals surface area contributed by atoms with E-state index in [-0.39, 0.29) is 11.7 Å². The molecule has 0 aliphatic rings. The van der Waals surface area contributed by atoms with E-state index < -0.39 is 11.6 Å². The average Bonchev–Trinajstić information content (AvgIpc) is 3.25. The Morgan fingerprint density at radius 1 is 1.03 bits per heavy atom. The van der Waals surface area contributed by atoms with Crippen LogP contribution in [-0.2, 0) is 0 Å². The third kappa shape index (κ3) is 3.09. The van der Waals surface area contributed by atoms with Gasteiger partial charge in [-0.25, -0.2) is 28.1 Å². The summed E-state index contributed by atoms with van der Waals surface area (Å²) < 4.78 is 31.0. The number of nitrogens with two attached hydrogens (primary N) is 1. The van der Waals surface area contributed by atoms with Crippen molar-refractivity contribution in [3.63, 3.8) is 0 Å². The topological polar surface area (TPSA) is 87.4 Å². The molecular weight excluding hydrogens is 424 g/mol. The number of aryl methyl sites for hydroxylation is 1. The summed E-state index contributed by atoms with van der Waals surface area (Å²) in [4.78, 5) is 8.39. The molecule has 2 N–H and O–H groups in total. The highest BCUT2D eigenvalue weighted by Crippen LogP contribution is 2.32. The molecule has 1 unspecified atom stereocenters. The van der Waals surface area contributed by atoms with Crippen molar-refractivity contribution in [2.45, 2.75) is 19.9 Å². The SMILES string of the molecule is Cc1nn(C(C)c2nn(-c3cc(F)cc(F)c3)c3cc(Cl)ccc23)c2ncnc(N)c12. The molecule has 10 heteroatoms. The van der Waals surface area contributed by atoms with Gasteiger partial charge in [-0.05, 0) is 44.2 Å². The molecule has 3 aromatic heterocycles. The predicted molar refractivity (Wildman–Crippen MR) is 114 cm³/mol. The summed E-state index contributed by atoms with van der Waals surface area (Å²) in [6.45, 7) is 3.74. The molecule has 3 heterocycles. The van der Waals surface area contributed by atoms with Crippen LogP contribution in [0.3, 0.4) is 0 Å². The van der Waals surface area contributed by atoms with E-state index >= 15 is 0 Å². The van der Waals surface area contributed by atoms with Crippen molar-refractivity contribution in [3.05, 3.63) is 70.8 Å². The van der Waals surface area contributed by atoms with E-state index in [4.69, 9.17) is 17.3 Å². The second-order valence-electron chi connectivity index (χ2n) is 7.25. The fourth-order valence-electron chi connectivity index (χ4n) is 3.83. The lowest BCUT2D eigenvalue weighted by Gasteiger charge is -2.11. The molecule has 0 bridgehead atoms. The summed E-state index contributed by atoms with van der Waals surface area (Å²) in [7, 11) is 0. The van der Waals surface area contributed by atoms with Crippen LogP contribution < -0.4 is 5.73 Å². The Morgan fingerprint density at radius 2 is 1.77 bits per heavy atom. The van der Waals surface area contributed by atoms with Gasteiger partial charge in [0.05, 0.1) is 34.0 Å². The first-order valence-corrected chi connectivity index (χ1v) is 9.81. The monoisotopic (exact) mass is 439 g/mol. The molecule has 5 aromatic rings. The molecule has 1 atom stereocenters. The summed E-state index contributed by atoms with van der Waals surface area (Å²) in [6.07, 6.45) is 1.38. The molecule has 0 amide bonds. The van der Waals surface area contributed by atoms with Crippen LogP contribution in [0.1, 0.15) is 24.4 Å². The van der Waals surface area contributed by atoms with E-state index in [1.807, 2.05) is 19.9 Å². The zero-order valence-corrected chi connectivity index (χ0v) is 17.3. The molecule has 0 saturated carbocycles. The van der Waals surface area contributed by atoms with Gasteiger partial charge in [-0.1, -0.05) is 11.6 Å².